The lowest BCUT2D eigenvalue weighted by Gasteiger charge is -2.23. The lowest BCUT2D eigenvalue weighted by atomic mass is 10.1. The number of aromatic amines is 1. The standard InChI is InChI=1S/C10H17N3O3S/c1-7(8-11-5-6-12-8)13-9(14)10(2,3)17(4,15)16/h5-7H,1-4H3,(H,11,12)(H,13,14). The first kappa shape index (κ1) is 13.7. The molecule has 0 bridgehead atoms. The quantitative estimate of drug-likeness (QED) is 0.819. The smallest absolute Gasteiger partial charge is 0.241 e. The molecule has 0 spiro atoms. The Morgan fingerprint density at radius 2 is 2.12 bits per heavy atom. The van der Waals surface area contributed by atoms with Gasteiger partial charge in [-0.3, -0.25) is 4.79 Å². The van der Waals surface area contributed by atoms with E-state index in [0.717, 1.165) is 6.26 Å². The minimum Gasteiger partial charge on any atom is -0.347 e. The fraction of sp³-hybridized carbons (Fsp3) is 0.600. The predicted octanol–water partition coefficient (Wildman–Crippen LogP) is 0.410. The SMILES string of the molecule is CC(NC(=O)C(C)(C)S(C)(=O)=O)c1ncc[nH]1. The summed E-state index contributed by atoms with van der Waals surface area (Å²) in [5.74, 6) is 0.0477. The van der Waals surface area contributed by atoms with E-state index in [-0.39, 0.29) is 6.04 Å². The Balaban J connectivity index is 2.80. The van der Waals surface area contributed by atoms with Gasteiger partial charge in [-0.05, 0) is 20.8 Å². The maximum atomic E-state index is 11.9. The van der Waals surface area contributed by atoms with E-state index in [2.05, 4.69) is 15.3 Å². The maximum Gasteiger partial charge on any atom is 0.241 e. The van der Waals surface area contributed by atoms with Gasteiger partial charge >= 0.3 is 0 Å². The van der Waals surface area contributed by atoms with Crippen LogP contribution in [0.2, 0.25) is 0 Å². The van der Waals surface area contributed by atoms with Gasteiger partial charge in [-0.15, -0.1) is 0 Å². The van der Waals surface area contributed by atoms with Gasteiger partial charge in [0.05, 0.1) is 6.04 Å². The van der Waals surface area contributed by atoms with Crippen LogP contribution in [-0.2, 0) is 14.6 Å². The number of carbonyl (C=O) groups excluding carboxylic acids is 1. The van der Waals surface area contributed by atoms with Crippen molar-refractivity contribution in [2.45, 2.75) is 31.6 Å². The highest BCUT2D eigenvalue weighted by atomic mass is 32.2. The molecule has 0 radical (unpaired) electrons. The lowest BCUT2D eigenvalue weighted by Crippen LogP contribution is -2.48. The number of hydrogen-bond donors (Lipinski definition) is 2. The molecule has 1 aromatic rings. The zero-order valence-corrected chi connectivity index (χ0v) is 11.1. The van der Waals surface area contributed by atoms with E-state index in [0.29, 0.717) is 5.82 Å². The zero-order valence-electron chi connectivity index (χ0n) is 10.3. The third kappa shape index (κ3) is 2.85. The van der Waals surface area contributed by atoms with Crippen LogP contribution < -0.4 is 5.32 Å². The number of aromatic nitrogens is 2. The van der Waals surface area contributed by atoms with Gasteiger partial charge in [0.2, 0.25) is 5.91 Å². The van der Waals surface area contributed by atoms with Crippen molar-refractivity contribution in [3.63, 3.8) is 0 Å². The van der Waals surface area contributed by atoms with Crippen molar-refractivity contribution in [1.29, 1.82) is 0 Å². The van der Waals surface area contributed by atoms with Crippen LogP contribution >= 0.6 is 0 Å². The van der Waals surface area contributed by atoms with Crippen molar-refractivity contribution >= 4 is 15.7 Å². The van der Waals surface area contributed by atoms with Crippen LogP contribution in [0.3, 0.4) is 0 Å². The van der Waals surface area contributed by atoms with Crippen molar-refractivity contribution in [3.05, 3.63) is 18.2 Å². The Morgan fingerprint density at radius 3 is 2.53 bits per heavy atom. The number of rotatable bonds is 4. The van der Waals surface area contributed by atoms with Crippen LogP contribution in [-0.4, -0.2) is 35.3 Å². The fourth-order valence-corrected chi connectivity index (χ4v) is 1.52. The molecule has 1 unspecified atom stereocenters. The van der Waals surface area contributed by atoms with Crippen LogP contribution in [0.5, 0.6) is 0 Å². The molecule has 0 aliphatic carbocycles. The molecule has 1 rings (SSSR count). The van der Waals surface area contributed by atoms with E-state index in [1.165, 1.54) is 13.8 Å². The fourth-order valence-electron chi connectivity index (χ4n) is 1.12. The minimum atomic E-state index is -3.46. The highest BCUT2D eigenvalue weighted by Crippen LogP contribution is 2.17. The van der Waals surface area contributed by atoms with E-state index in [4.69, 9.17) is 0 Å². The molecule has 2 N–H and O–H groups in total. The van der Waals surface area contributed by atoms with E-state index < -0.39 is 20.5 Å². The Bertz CT molecular complexity index is 491. The van der Waals surface area contributed by atoms with Crippen LogP contribution in [0.4, 0.5) is 0 Å². The summed E-state index contributed by atoms with van der Waals surface area (Å²) in [5.41, 5.74) is 0. The molecule has 96 valence electrons. The van der Waals surface area contributed by atoms with Crippen LogP contribution in [0.1, 0.15) is 32.6 Å². The van der Waals surface area contributed by atoms with Gasteiger partial charge in [0, 0.05) is 18.6 Å². The molecule has 0 saturated heterocycles. The van der Waals surface area contributed by atoms with Gasteiger partial charge in [-0.25, -0.2) is 13.4 Å². The summed E-state index contributed by atoms with van der Waals surface area (Å²) in [5, 5.41) is 2.62. The molecule has 0 aliphatic rings. The lowest BCUT2D eigenvalue weighted by molar-refractivity contribution is -0.123. The second-order valence-corrected chi connectivity index (χ2v) is 7.02. The van der Waals surface area contributed by atoms with E-state index in [1.807, 2.05) is 0 Å². The molecule has 1 amide bonds. The predicted molar refractivity (Wildman–Crippen MR) is 64.1 cm³/mol. The first-order valence-corrected chi connectivity index (χ1v) is 7.05. The van der Waals surface area contributed by atoms with Gasteiger partial charge < -0.3 is 10.3 Å². The summed E-state index contributed by atoms with van der Waals surface area (Å²) in [6, 6.07) is -0.362. The molecule has 7 heteroatoms. The van der Waals surface area contributed by atoms with Gasteiger partial charge in [0.1, 0.15) is 10.6 Å². The Kier molecular flexibility index (Phi) is 3.61. The Hall–Kier alpha value is -1.37. The number of amides is 1. The third-order valence-electron chi connectivity index (χ3n) is 2.75. The van der Waals surface area contributed by atoms with Crippen molar-refractivity contribution in [1.82, 2.24) is 15.3 Å². The number of nitrogens with zero attached hydrogens (tertiary/aromatic N) is 1. The third-order valence-corrected chi connectivity index (χ3v) is 4.79. The number of carbonyl (C=O) groups is 1. The monoisotopic (exact) mass is 259 g/mol. The van der Waals surface area contributed by atoms with Gasteiger partial charge in [-0.1, -0.05) is 0 Å². The molecule has 0 aromatic carbocycles. The number of sulfone groups is 1. The van der Waals surface area contributed by atoms with E-state index in [9.17, 15) is 13.2 Å². The van der Waals surface area contributed by atoms with Crippen LogP contribution in [0, 0.1) is 0 Å². The van der Waals surface area contributed by atoms with E-state index in [1.54, 1.807) is 19.3 Å². The largest absolute Gasteiger partial charge is 0.347 e. The number of nitrogens with one attached hydrogen (secondary N) is 2. The average Bonchev–Trinajstić information content (AvgIpc) is 2.68. The van der Waals surface area contributed by atoms with Crippen molar-refractivity contribution < 1.29 is 13.2 Å². The van der Waals surface area contributed by atoms with Crippen LogP contribution in [0.25, 0.3) is 0 Å². The molecule has 0 aliphatic heterocycles. The highest BCUT2D eigenvalue weighted by Gasteiger charge is 2.39. The molecule has 1 heterocycles. The van der Waals surface area contributed by atoms with Crippen LogP contribution in [0.15, 0.2) is 12.4 Å². The summed E-state index contributed by atoms with van der Waals surface area (Å²) < 4.78 is 21.5. The topological polar surface area (TPSA) is 91.9 Å². The summed E-state index contributed by atoms with van der Waals surface area (Å²) in [6.45, 7) is 4.49. The second-order valence-electron chi connectivity index (χ2n) is 4.45. The molecular formula is C10H17N3O3S. The summed E-state index contributed by atoms with van der Waals surface area (Å²) in [4.78, 5) is 18.7. The zero-order chi connectivity index (χ0) is 13.3. The normalized spacial score (nSPS) is 14.4. The summed E-state index contributed by atoms with van der Waals surface area (Å²) >= 11 is 0. The van der Waals surface area contributed by atoms with Crippen molar-refractivity contribution in [3.8, 4) is 0 Å². The second kappa shape index (κ2) is 4.48. The number of imidazole rings is 1. The molecule has 0 fully saturated rings. The summed E-state index contributed by atoms with van der Waals surface area (Å²) in [7, 11) is -3.46. The van der Waals surface area contributed by atoms with E-state index >= 15 is 0 Å². The summed E-state index contributed by atoms with van der Waals surface area (Å²) in [6.07, 6.45) is 4.25. The first-order valence-electron chi connectivity index (χ1n) is 5.16. The molecule has 1 aromatic heterocycles. The minimum absolute atomic E-state index is 0.362. The molecular weight excluding hydrogens is 242 g/mol. The molecule has 0 saturated carbocycles. The molecule has 17 heavy (non-hydrogen) atoms. The molecule has 1 atom stereocenters. The van der Waals surface area contributed by atoms with Gasteiger partial charge in [0.25, 0.3) is 0 Å². The number of H-pyrrole nitrogens is 1. The van der Waals surface area contributed by atoms with Gasteiger partial charge in [0.15, 0.2) is 9.84 Å². The van der Waals surface area contributed by atoms with Gasteiger partial charge in [-0.2, -0.15) is 0 Å². The maximum absolute atomic E-state index is 11.9. The highest BCUT2D eigenvalue weighted by molar-refractivity contribution is 7.92. The van der Waals surface area contributed by atoms with Crippen molar-refractivity contribution in [2.75, 3.05) is 6.26 Å². The average molecular weight is 259 g/mol. The van der Waals surface area contributed by atoms with Crippen molar-refractivity contribution in [2.24, 2.45) is 0 Å². The first-order chi connectivity index (χ1) is 7.66. The Morgan fingerprint density at radius 1 is 1.53 bits per heavy atom. The number of hydrogen-bond acceptors (Lipinski definition) is 4. The Labute approximate surface area is 101 Å². The molecule has 6 nitrogen and oxygen atoms in total.